The van der Waals surface area contributed by atoms with E-state index < -0.39 is 11.2 Å². The number of rotatable bonds is 8. The molecule has 2 atom stereocenters. The van der Waals surface area contributed by atoms with Crippen molar-refractivity contribution >= 4 is 17.7 Å². The molecule has 0 bridgehead atoms. The van der Waals surface area contributed by atoms with E-state index in [2.05, 4.69) is 35.1 Å². The number of pyridine rings is 1. The first-order valence-electron chi connectivity index (χ1n) is 9.85. The van der Waals surface area contributed by atoms with E-state index in [4.69, 9.17) is 0 Å². The van der Waals surface area contributed by atoms with E-state index in [0.717, 1.165) is 27.5 Å². The largest absolute Gasteiger partial charge is 0.520 e. The van der Waals surface area contributed by atoms with Crippen LogP contribution in [0.3, 0.4) is 0 Å². The van der Waals surface area contributed by atoms with Gasteiger partial charge in [0, 0.05) is 75.6 Å². The SMILES string of the molecule is Cc1ccc(C(C)(C)N2CCC(CCc3ccc(F)s3)(C(C)(F)N[C-]=O)C2)cn1.[CH3-].[Pr]. The molecule has 0 saturated carbocycles. The molecule has 1 saturated heterocycles. The van der Waals surface area contributed by atoms with Gasteiger partial charge >= 0.3 is 0 Å². The van der Waals surface area contributed by atoms with Crippen LogP contribution >= 0.6 is 11.3 Å². The Hall–Kier alpha value is -0.496. The molecule has 8 heteroatoms. The van der Waals surface area contributed by atoms with Crippen molar-refractivity contribution in [3.05, 3.63) is 59.2 Å². The Bertz CT molecular complexity index is 857. The van der Waals surface area contributed by atoms with Gasteiger partial charge in [-0.15, -0.1) is 11.3 Å². The Morgan fingerprint density at radius 1 is 1.29 bits per heavy atom. The van der Waals surface area contributed by atoms with Crippen LogP contribution in [0.25, 0.3) is 0 Å². The van der Waals surface area contributed by atoms with Crippen LogP contribution in [0.4, 0.5) is 8.78 Å². The molecule has 0 aromatic carbocycles. The number of carbonyl (C=O) groups excluding carboxylic acids is 1. The van der Waals surface area contributed by atoms with Crippen molar-refractivity contribution in [3.8, 4) is 0 Å². The first-order chi connectivity index (χ1) is 13.6. The van der Waals surface area contributed by atoms with Crippen LogP contribution in [-0.2, 0) is 16.8 Å². The van der Waals surface area contributed by atoms with Gasteiger partial charge in [0.25, 0.3) is 0 Å². The fourth-order valence-electron chi connectivity index (χ4n) is 4.26. The van der Waals surface area contributed by atoms with Crippen molar-refractivity contribution in [2.75, 3.05) is 13.1 Å². The Balaban J connectivity index is 0.00000240. The monoisotopic (exact) mass is 576 g/mol. The first kappa shape index (κ1) is 28.5. The molecule has 1 aliphatic rings. The average Bonchev–Trinajstić information content (AvgIpc) is 3.28. The quantitative estimate of drug-likeness (QED) is 0.275. The number of likely N-dealkylation sites (tertiary alicyclic amines) is 1. The summed E-state index contributed by atoms with van der Waals surface area (Å²) in [4.78, 5) is 18.5. The second-order valence-electron chi connectivity index (χ2n) is 8.64. The smallest absolute Gasteiger partial charge is 0.176 e. The van der Waals surface area contributed by atoms with Gasteiger partial charge in [-0.2, -0.15) is 10.8 Å². The van der Waals surface area contributed by atoms with E-state index in [1.165, 1.54) is 13.0 Å². The summed E-state index contributed by atoms with van der Waals surface area (Å²) >= 11 is 1.09. The Labute approximate surface area is 222 Å². The number of amides is 1. The number of nitrogens with one attached hydrogen (secondary N) is 1. The molecule has 1 aliphatic heterocycles. The summed E-state index contributed by atoms with van der Waals surface area (Å²) < 4.78 is 29.1. The molecule has 4 nitrogen and oxygen atoms in total. The molecule has 2 unspecified atom stereocenters. The van der Waals surface area contributed by atoms with E-state index in [-0.39, 0.29) is 59.4 Å². The third-order valence-electron chi connectivity index (χ3n) is 6.52. The molecule has 31 heavy (non-hydrogen) atoms. The fraction of sp³-hybridized carbons (Fsp3) is 0.522. The van der Waals surface area contributed by atoms with Crippen molar-refractivity contribution in [1.29, 1.82) is 0 Å². The number of hydrogen-bond donors (Lipinski definition) is 1. The zero-order valence-corrected chi connectivity index (χ0v) is 23.5. The topological polar surface area (TPSA) is 45.2 Å². The third-order valence-corrected chi connectivity index (χ3v) is 7.46. The Morgan fingerprint density at radius 2 is 2.00 bits per heavy atom. The third kappa shape index (κ3) is 6.10. The maximum atomic E-state index is 15.7. The van der Waals surface area contributed by atoms with Crippen LogP contribution in [0.2, 0.25) is 0 Å². The van der Waals surface area contributed by atoms with Gasteiger partial charge < -0.3 is 17.5 Å². The standard InChI is InChI=1S/C22H28F2N3OS.CH3.Pr/c1-16-5-6-17(13-25-16)20(2,3)27-12-11-22(14-27,21(4,24)26-15-28)10-9-18-7-8-19(23)29-18;;/h5-8,13H,9-12,14H2,1-4H3,(H,26,28);1H3;/q2*-1;. The predicted octanol–water partition coefficient (Wildman–Crippen LogP) is 4.94. The minimum atomic E-state index is -1.92. The molecular weight excluding hydrogens is 545 g/mol. The predicted molar refractivity (Wildman–Crippen MR) is 118 cm³/mol. The van der Waals surface area contributed by atoms with Gasteiger partial charge in [-0.05, 0) is 77.3 Å². The number of aryl methyl sites for hydroxylation is 2. The molecule has 0 spiro atoms. The van der Waals surface area contributed by atoms with E-state index in [9.17, 15) is 9.18 Å². The summed E-state index contributed by atoms with van der Waals surface area (Å²) in [5.41, 5.74) is 0.888. The number of alkyl halides is 1. The molecule has 169 valence electrons. The van der Waals surface area contributed by atoms with Gasteiger partial charge in [-0.25, -0.2) is 4.39 Å². The summed E-state index contributed by atoms with van der Waals surface area (Å²) in [6, 6.07) is 7.22. The molecule has 3 heterocycles. The molecule has 1 radical (unpaired) electrons. The van der Waals surface area contributed by atoms with Crippen molar-refractivity contribution < 1.29 is 54.9 Å². The molecule has 0 aliphatic carbocycles. The number of hydrogen-bond acceptors (Lipinski definition) is 4. The molecular formula is C23H31F2N3OPrS-2. The van der Waals surface area contributed by atoms with Gasteiger partial charge in [0.2, 0.25) is 0 Å². The summed E-state index contributed by atoms with van der Waals surface area (Å²) in [5.74, 6) is -1.92. The van der Waals surface area contributed by atoms with Gasteiger partial charge in [-0.1, -0.05) is 6.07 Å². The fourth-order valence-corrected chi connectivity index (χ4v) is 4.99. The van der Waals surface area contributed by atoms with Gasteiger partial charge in [-0.3, -0.25) is 9.88 Å². The second-order valence-corrected chi connectivity index (χ2v) is 9.75. The number of nitrogens with zero attached hydrogens (tertiary/aromatic N) is 2. The van der Waals surface area contributed by atoms with Crippen molar-refractivity contribution in [2.45, 2.75) is 58.3 Å². The Kier molecular flexibility index (Phi) is 10.2. The first-order valence-corrected chi connectivity index (χ1v) is 10.7. The van der Waals surface area contributed by atoms with Crippen LogP contribution in [0.15, 0.2) is 30.5 Å². The van der Waals surface area contributed by atoms with Gasteiger partial charge in [0.1, 0.15) is 0 Å². The van der Waals surface area contributed by atoms with Crippen LogP contribution in [-0.4, -0.2) is 35.2 Å². The minimum absolute atomic E-state index is 0. The van der Waals surface area contributed by atoms with E-state index in [0.29, 0.717) is 32.4 Å². The maximum Gasteiger partial charge on any atom is 0.176 e. The van der Waals surface area contributed by atoms with Gasteiger partial charge in [0.15, 0.2) is 10.9 Å². The van der Waals surface area contributed by atoms with Crippen molar-refractivity contribution in [3.63, 3.8) is 0 Å². The van der Waals surface area contributed by atoms with E-state index >= 15 is 4.39 Å². The minimum Gasteiger partial charge on any atom is -0.520 e. The zero-order chi connectivity index (χ0) is 21.3. The number of aromatic nitrogens is 1. The summed E-state index contributed by atoms with van der Waals surface area (Å²) in [6.45, 7) is 8.75. The van der Waals surface area contributed by atoms with Crippen LogP contribution < -0.4 is 5.32 Å². The Morgan fingerprint density at radius 3 is 2.55 bits per heavy atom. The summed E-state index contributed by atoms with van der Waals surface area (Å²) in [6.07, 6.45) is 5.07. The van der Waals surface area contributed by atoms with Crippen LogP contribution in [0.1, 0.15) is 49.7 Å². The van der Waals surface area contributed by atoms with E-state index in [1.807, 2.05) is 19.2 Å². The van der Waals surface area contributed by atoms with E-state index in [1.54, 1.807) is 12.5 Å². The molecule has 2 aromatic rings. The number of halogens is 2. The molecule has 2 aromatic heterocycles. The zero-order valence-electron chi connectivity index (χ0n) is 19.0. The molecule has 1 amide bonds. The summed E-state index contributed by atoms with van der Waals surface area (Å²) in [7, 11) is 0. The molecule has 1 N–H and O–H groups in total. The molecule has 1 fully saturated rings. The molecule has 3 rings (SSSR count). The maximum absolute atomic E-state index is 15.7. The second kappa shape index (κ2) is 11.1. The van der Waals surface area contributed by atoms with Crippen LogP contribution in [0, 0.1) is 66.2 Å². The van der Waals surface area contributed by atoms with Crippen molar-refractivity contribution in [1.82, 2.24) is 15.2 Å². The normalized spacial score (nSPS) is 21.0. The van der Waals surface area contributed by atoms with Crippen molar-refractivity contribution in [2.24, 2.45) is 5.41 Å². The number of thiophene rings is 1. The van der Waals surface area contributed by atoms with Gasteiger partial charge in [0.05, 0.1) is 0 Å². The van der Waals surface area contributed by atoms with Crippen LogP contribution in [0.5, 0.6) is 0 Å². The summed E-state index contributed by atoms with van der Waals surface area (Å²) in [5, 5.41) is 2.04. The average molecular weight is 576 g/mol.